The van der Waals surface area contributed by atoms with Gasteiger partial charge < -0.3 is 14.8 Å². The lowest BCUT2D eigenvalue weighted by molar-refractivity contribution is 0.101. The molecular weight excluding hydrogens is 356 g/mol. The Morgan fingerprint density at radius 2 is 1.93 bits per heavy atom. The molecule has 0 atom stereocenters. The van der Waals surface area contributed by atoms with E-state index in [1.54, 1.807) is 43.2 Å². The van der Waals surface area contributed by atoms with Crippen molar-refractivity contribution in [3.05, 3.63) is 60.0 Å². The number of pyridine rings is 1. The molecule has 3 rings (SSSR count). The molecule has 0 spiro atoms. The summed E-state index contributed by atoms with van der Waals surface area (Å²) in [4.78, 5) is 16.8. The van der Waals surface area contributed by atoms with Crippen LogP contribution in [0.15, 0.2) is 48.7 Å². The molecule has 0 radical (unpaired) electrons. The molecular formula is C21H24N4O3. The van der Waals surface area contributed by atoms with Gasteiger partial charge in [-0.2, -0.15) is 5.10 Å². The van der Waals surface area contributed by atoms with E-state index in [1.807, 2.05) is 24.3 Å². The third-order valence-corrected chi connectivity index (χ3v) is 4.06. The van der Waals surface area contributed by atoms with E-state index in [9.17, 15) is 4.79 Å². The van der Waals surface area contributed by atoms with Crippen molar-refractivity contribution < 1.29 is 14.3 Å². The number of nitrogens with one attached hydrogen (secondary N) is 1. The van der Waals surface area contributed by atoms with Gasteiger partial charge in [0.15, 0.2) is 11.5 Å². The lowest BCUT2D eigenvalue weighted by Gasteiger charge is -2.10. The highest BCUT2D eigenvalue weighted by molar-refractivity contribution is 6.03. The Morgan fingerprint density at radius 3 is 2.57 bits per heavy atom. The van der Waals surface area contributed by atoms with Crippen molar-refractivity contribution >= 4 is 11.6 Å². The predicted octanol–water partition coefficient (Wildman–Crippen LogP) is 4.07. The second kappa shape index (κ2) is 8.56. The zero-order valence-electron chi connectivity index (χ0n) is 16.5. The van der Waals surface area contributed by atoms with Crippen LogP contribution >= 0.6 is 0 Å². The molecule has 3 aromatic rings. The molecule has 1 amide bonds. The van der Waals surface area contributed by atoms with Crippen LogP contribution in [0.1, 0.15) is 30.0 Å². The van der Waals surface area contributed by atoms with E-state index in [2.05, 4.69) is 29.2 Å². The Kier molecular flexibility index (Phi) is 5.93. The van der Waals surface area contributed by atoms with Crippen LogP contribution in [0.4, 0.5) is 5.69 Å². The molecule has 1 N–H and O–H groups in total. The lowest BCUT2D eigenvalue weighted by atomic mass is 10.1. The Balaban J connectivity index is 1.67. The second-order valence-electron chi connectivity index (χ2n) is 6.83. The number of benzene rings is 1. The maximum absolute atomic E-state index is 12.5. The minimum atomic E-state index is -0.231. The van der Waals surface area contributed by atoms with Crippen LogP contribution in [0.3, 0.4) is 0 Å². The maximum Gasteiger partial charge on any atom is 0.273 e. The maximum atomic E-state index is 12.5. The van der Waals surface area contributed by atoms with E-state index in [-0.39, 0.29) is 5.91 Å². The van der Waals surface area contributed by atoms with Crippen LogP contribution in [0.5, 0.6) is 17.4 Å². The van der Waals surface area contributed by atoms with Crippen molar-refractivity contribution in [1.82, 2.24) is 14.8 Å². The van der Waals surface area contributed by atoms with Crippen molar-refractivity contribution in [3.8, 4) is 17.4 Å². The van der Waals surface area contributed by atoms with Gasteiger partial charge in [-0.1, -0.05) is 26.0 Å². The minimum Gasteiger partial charge on any atom is -0.493 e. The summed E-state index contributed by atoms with van der Waals surface area (Å²) in [6, 6.07) is 12.6. The van der Waals surface area contributed by atoms with Gasteiger partial charge in [0.2, 0.25) is 5.88 Å². The molecule has 0 fully saturated rings. The van der Waals surface area contributed by atoms with Crippen LogP contribution < -0.4 is 14.8 Å². The van der Waals surface area contributed by atoms with Gasteiger partial charge in [-0.15, -0.1) is 0 Å². The number of rotatable bonds is 7. The molecule has 7 heteroatoms. The van der Waals surface area contributed by atoms with Gasteiger partial charge >= 0.3 is 0 Å². The largest absolute Gasteiger partial charge is 0.493 e. The smallest absolute Gasteiger partial charge is 0.273 e. The van der Waals surface area contributed by atoms with Gasteiger partial charge in [0, 0.05) is 13.1 Å². The second-order valence-corrected chi connectivity index (χ2v) is 6.83. The standard InChI is InChI=1S/C21H24N4O3/c1-14(2)11-16-12-17(25(3)24-16)21(26)23-15-9-10-20(22-13-15)28-19-8-6-5-7-18(19)27-4/h5-10,12-14H,11H2,1-4H3,(H,23,26). The van der Waals surface area contributed by atoms with Crippen molar-refractivity contribution in [2.24, 2.45) is 13.0 Å². The highest BCUT2D eigenvalue weighted by atomic mass is 16.5. The van der Waals surface area contributed by atoms with Gasteiger partial charge in [-0.25, -0.2) is 4.98 Å². The molecule has 0 aliphatic rings. The fraction of sp³-hybridized carbons (Fsp3) is 0.286. The highest BCUT2D eigenvalue weighted by Crippen LogP contribution is 2.30. The molecule has 2 aromatic heterocycles. The Morgan fingerprint density at radius 1 is 1.18 bits per heavy atom. The SMILES string of the molecule is COc1ccccc1Oc1ccc(NC(=O)c2cc(CC(C)C)nn2C)cn1. The first kappa shape index (κ1) is 19.4. The quantitative estimate of drug-likeness (QED) is 0.669. The average molecular weight is 380 g/mol. The molecule has 146 valence electrons. The van der Waals surface area contributed by atoms with Crippen molar-refractivity contribution in [3.63, 3.8) is 0 Å². The summed E-state index contributed by atoms with van der Waals surface area (Å²) in [5.41, 5.74) is 1.98. The molecule has 0 aliphatic carbocycles. The van der Waals surface area contributed by atoms with E-state index >= 15 is 0 Å². The zero-order valence-corrected chi connectivity index (χ0v) is 16.5. The van der Waals surface area contributed by atoms with Crippen molar-refractivity contribution in [2.75, 3.05) is 12.4 Å². The number of para-hydroxylation sites is 2. The minimum absolute atomic E-state index is 0.231. The topological polar surface area (TPSA) is 78.3 Å². The van der Waals surface area contributed by atoms with E-state index < -0.39 is 0 Å². The summed E-state index contributed by atoms with van der Waals surface area (Å²) in [6.07, 6.45) is 2.38. The van der Waals surface area contributed by atoms with E-state index in [4.69, 9.17) is 9.47 Å². The number of carbonyl (C=O) groups excluding carboxylic acids is 1. The first-order valence-electron chi connectivity index (χ1n) is 9.07. The normalized spacial score (nSPS) is 10.8. The van der Waals surface area contributed by atoms with E-state index in [0.29, 0.717) is 34.7 Å². The summed E-state index contributed by atoms with van der Waals surface area (Å²) >= 11 is 0. The Bertz CT molecular complexity index is 949. The predicted molar refractivity (Wildman–Crippen MR) is 107 cm³/mol. The molecule has 0 aliphatic heterocycles. The molecule has 0 bridgehead atoms. The molecule has 2 heterocycles. The summed E-state index contributed by atoms with van der Waals surface area (Å²) in [5.74, 6) is 1.84. The van der Waals surface area contributed by atoms with Gasteiger partial charge in [-0.05, 0) is 36.6 Å². The number of carbonyl (C=O) groups is 1. The third-order valence-electron chi connectivity index (χ3n) is 4.06. The van der Waals surface area contributed by atoms with Gasteiger partial charge in [0.25, 0.3) is 5.91 Å². The molecule has 1 aromatic carbocycles. The van der Waals surface area contributed by atoms with Crippen LogP contribution in [0, 0.1) is 5.92 Å². The van der Waals surface area contributed by atoms with Crippen molar-refractivity contribution in [1.29, 1.82) is 0 Å². The van der Waals surface area contributed by atoms with E-state index in [0.717, 1.165) is 12.1 Å². The van der Waals surface area contributed by atoms with Crippen molar-refractivity contribution in [2.45, 2.75) is 20.3 Å². The fourth-order valence-electron chi connectivity index (χ4n) is 2.78. The number of amides is 1. The number of hydrogen-bond donors (Lipinski definition) is 1. The van der Waals surface area contributed by atoms with E-state index in [1.165, 1.54) is 0 Å². The molecule has 0 unspecified atom stereocenters. The van der Waals surface area contributed by atoms with Crippen LogP contribution in [0.2, 0.25) is 0 Å². The highest BCUT2D eigenvalue weighted by Gasteiger charge is 2.14. The molecule has 0 saturated carbocycles. The first-order valence-corrected chi connectivity index (χ1v) is 9.07. The molecule has 0 saturated heterocycles. The summed E-state index contributed by atoms with van der Waals surface area (Å²) in [7, 11) is 3.35. The first-order chi connectivity index (χ1) is 13.5. The Hall–Kier alpha value is -3.35. The number of ether oxygens (including phenoxy) is 2. The fourth-order valence-corrected chi connectivity index (χ4v) is 2.78. The summed E-state index contributed by atoms with van der Waals surface area (Å²) < 4.78 is 12.6. The van der Waals surface area contributed by atoms with Gasteiger partial charge in [0.1, 0.15) is 5.69 Å². The van der Waals surface area contributed by atoms with Crippen LogP contribution in [-0.4, -0.2) is 27.8 Å². The average Bonchev–Trinajstić information content (AvgIpc) is 3.03. The Labute approximate surface area is 164 Å². The van der Waals surface area contributed by atoms with Crippen LogP contribution in [-0.2, 0) is 13.5 Å². The summed E-state index contributed by atoms with van der Waals surface area (Å²) in [6.45, 7) is 4.24. The monoisotopic (exact) mass is 380 g/mol. The molecule has 7 nitrogen and oxygen atoms in total. The number of methoxy groups -OCH3 is 1. The van der Waals surface area contributed by atoms with Gasteiger partial charge in [-0.3, -0.25) is 9.48 Å². The summed E-state index contributed by atoms with van der Waals surface area (Å²) in [5, 5.41) is 7.24. The number of hydrogen-bond acceptors (Lipinski definition) is 5. The third kappa shape index (κ3) is 4.68. The number of anilines is 1. The molecule has 28 heavy (non-hydrogen) atoms. The number of aromatic nitrogens is 3. The zero-order chi connectivity index (χ0) is 20.1. The number of aryl methyl sites for hydroxylation is 1. The lowest BCUT2D eigenvalue weighted by Crippen LogP contribution is -2.16. The van der Waals surface area contributed by atoms with Crippen LogP contribution in [0.25, 0.3) is 0 Å². The number of nitrogens with zero attached hydrogens (tertiary/aromatic N) is 3. The van der Waals surface area contributed by atoms with Gasteiger partial charge in [0.05, 0.1) is 24.7 Å².